The summed E-state index contributed by atoms with van der Waals surface area (Å²) in [4.78, 5) is 53.8. The Morgan fingerprint density at radius 3 is 2.66 bits per heavy atom. The first-order valence-electron chi connectivity index (χ1n) is 15.5. The van der Waals surface area contributed by atoms with Gasteiger partial charge in [0.1, 0.15) is 12.4 Å². The number of carbonyl (C=O) groups excluding carboxylic acids is 1. The van der Waals surface area contributed by atoms with Crippen molar-refractivity contribution in [3.8, 4) is 16.9 Å². The molecule has 0 spiro atoms. The van der Waals surface area contributed by atoms with Crippen LogP contribution in [0.1, 0.15) is 38.3 Å². The molecule has 2 fully saturated rings. The van der Waals surface area contributed by atoms with E-state index < -0.39 is 0 Å². The van der Waals surface area contributed by atoms with Crippen LogP contribution in [0, 0.1) is 6.92 Å². The molecule has 3 aliphatic heterocycles. The van der Waals surface area contributed by atoms with Crippen LogP contribution in [0.25, 0.3) is 32.8 Å². The smallest absolute Gasteiger partial charge is 0.350 e. The van der Waals surface area contributed by atoms with Crippen LogP contribution in [-0.2, 0) is 4.79 Å². The minimum Gasteiger partial charge on any atom is -0.488 e. The molecule has 44 heavy (non-hydrogen) atoms. The van der Waals surface area contributed by atoms with E-state index in [-0.39, 0.29) is 35.3 Å². The van der Waals surface area contributed by atoms with Gasteiger partial charge in [-0.3, -0.25) is 14.2 Å². The molecule has 2 aromatic heterocycles. The van der Waals surface area contributed by atoms with E-state index >= 15 is 0 Å². The van der Waals surface area contributed by atoms with Gasteiger partial charge in [0.15, 0.2) is 5.75 Å². The average Bonchev–Trinajstić information content (AvgIpc) is 3.53. The number of hydrogen-bond acceptors (Lipinski definition) is 7. The number of anilines is 1. The molecule has 0 radical (unpaired) electrons. The molecule has 10 nitrogen and oxygen atoms in total. The molecule has 2 saturated heterocycles. The van der Waals surface area contributed by atoms with Crippen LogP contribution >= 0.6 is 0 Å². The standard InChI is InChI=1S/C34H38N6O4/c1-5-27(41)38-16-22(4)39(17-21(38)3)32-26-11-10-25(28-20(2)8-9-23-12-13-35-33(42)29(23)28)31-30(26)40(34(43)36-32)24(19-44-31)18-37-14-6-7-15-37/h5,8-13,21-22,24H,1,6-7,14-19H2,2-4H3,(H,35,42)/t21-,22+,24?/m1/s1. The summed E-state index contributed by atoms with van der Waals surface area (Å²) in [6.45, 7) is 13.8. The number of amides is 1. The third-order valence-electron chi connectivity index (χ3n) is 9.61. The van der Waals surface area contributed by atoms with E-state index in [9.17, 15) is 14.4 Å². The number of nitrogens with zero attached hydrogens (tertiary/aromatic N) is 5. The Kier molecular flexibility index (Phi) is 7.04. The highest BCUT2D eigenvalue weighted by Gasteiger charge is 2.36. The zero-order valence-electron chi connectivity index (χ0n) is 25.5. The fourth-order valence-corrected chi connectivity index (χ4v) is 7.42. The van der Waals surface area contributed by atoms with Crippen molar-refractivity contribution in [1.82, 2.24) is 24.3 Å². The van der Waals surface area contributed by atoms with E-state index in [1.165, 1.54) is 6.08 Å². The van der Waals surface area contributed by atoms with Crippen LogP contribution in [0.2, 0.25) is 0 Å². The number of fused-ring (bicyclic) bond motifs is 1. The maximum absolute atomic E-state index is 14.1. The molecule has 0 saturated carbocycles. The van der Waals surface area contributed by atoms with E-state index in [0.29, 0.717) is 48.7 Å². The molecule has 0 bridgehead atoms. The minimum absolute atomic E-state index is 0.0766. The SMILES string of the molecule is C=CC(=O)N1C[C@H](C)N(c2nc(=O)n3c4c(c(-c5c(C)ccc6cc[nH]c(=O)c56)ccc24)OCC3CN2CCCC2)C[C@H]1C. The van der Waals surface area contributed by atoms with Gasteiger partial charge in [0.05, 0.1) is 16.9 Å². The monoisotopic (exact) mass is 594 g/mol. The van der Waals surface area contributed by atoms with E-state index in [4.69, 9.17) is 9.72 Å². The first-order valence-corrected chi connectivity index (χ1v) is 15.5. The molecule has 1 unspecified atom stereocenters. The highest BCUT2D eigenvalue weighted by molar-refractivity contribution is 6.05. The van der Waals surface area contributed by atoms with Crippen molar-refractivity contribution >= 4 is 33.4 Å². The number of aromatic nitrogens is 3. The highest BCUT2D eigenvalue weighted by Crippen LogP contribution is 2.45. The summed E-state index contributed by atoms with van der Waals surface area (Å²) >= 11 is 0. The summed E-state index contributed by atoms with van der Waals surface area (Å²) in [6.07, 6.45) is 5.32. The number of likely N-dealkylation sites (tertiary alicyclic amines) is 1. The predicted molar refractivity (Wildman–Crippen MR) is 173 cm³/mol. The quantitative estimate of drug-likeness (QED) is 0.350. The topological polar surface area (TPSA) is 104 Å². The van der Waals surface area contributed by atoms with E-state index in [0.717, 1.165) is 53.4 Å². The lowest BCUT2D eigenvalue weighted by Crippen LogP contribution is -2.58. The van der Waals surface area contributed by atoms with E-state index in [1.54, 1.807) is 6.20 Å². The zero-order chi connectivity index (χ0) is 30.7. The number of aryl methyl sites for hydroxylation is 1. The van der Waals surface area contributed by atoms with Crippen molar-refractivity contribution in [2.45, 2.75) is 51.7 Å². The maximum atomic E-state index is 14.1. The van der Waals surface area contributed by atoms with Gasteiger partial charge in [-0.25, -0.2) is 4.79 Å². The lowest BCUT2D eigenvalue weighted by atomic mass is 9.92. The van der Waals surface area contributed by atoms with E-state index in [2.05, 4.69) is 21.4 Å². The fourth-order valence-electron chi connectivity index (χ4n) is 7.42. The number of H-pyrrole nitrogens is 1. The van der Waals surface area contributed by atoms with Gasteiger partial charge in [0.2, 0.25) is 5.91 Å². The Morgan fingerprint density at radius 2 is 1.89 bits per heavy atom. The number of ether oxygens (including phenoxy) is 1. The minimum atomic E-state index is -0.310. The summed E-state index contributed by atoms with van der Waals surface area (Å²) in [6, 6.07) is 9.53. The summed E-state index contributed by atoms with van der Waals surface area (Å²) in [7, 11) is 0. The Hall–Kier alpha value is -4.44. The maximum Gasteiger partial charge on any atom is 0.350 e. The molecule has 5 heterocycles. The van der Waals surface area contributed by atoms with Crippen molar-refractivity contribution in [2.24, 2.45) is 0 Å². The second-order valence-corrected chi connectivity index (χ2v) is 12.5. The Balaban J connectivity index is 1.45. The summed E-state index contributed by atoms with van der Waals surface area (Å²) in [5.74, 6) is 1.09. The number of rotatable bonds is 5. The van der Waals surface area contributed by atoms with Crippen LogP contribution in [0.5, 0.6) is 5.75 Å². The number of benzene rings is 2. The van der Waals surface area contributed by atoms with Gasteiger partial charge < -0.3 is 24.4 Å². The van der Waals surface area contributed by atoms with Gasteiger partial charge >= 0.3 is 5.69 Å². The molecular weight excluding hydrogens is 556 g/mol. The van der Waals surface area contributed by atoms with Gasteiger partial charge in [0, 0.05) is 54.4 Å². The highest BCUT2D eigenvalue weighted by atomic mass is 16.5. The molecule has 0 aliphatic carbocycles. The predicted octanol–water partition coefficient (Wildman–Crippen LogP) is 3.85. The van der Waals surface area contributed by atoms with Crippen molar-refractivity contribution in [3.63, 3.8) is 0 Å². The normalized spacial score (nSPS) is 22.0. The number of piperazine rings is 1. The molecule has 1 amide bonds. The summed E-state index contributed by atoms with van der Waals surface area (Å²) < 4.78 is 8.48. The average molecular weight is 595 g/mol. The van der Waals surface area contributed by atoms with Gasteiger partial charge in [-0.05, 0) is 81.9 Å². The van der Waals surface area contributed by atoms with Crippen LogP contribution < -0.4 is 20.9 Å². The van der Waals surface area contributed by atoms with Crippen molar-refractivity contribution < 1.29 is 9.53 Å². The fraction of sp³-hybridized carbons (Fsp3) is 0.412. The third-order valence-corrected chi connectivity index (χ3v) is 9.61. The molecule has 7 rings (SSSR count). The number of nitrogens with one attached hydrogen (secondary N) is 1. The molecule has 2 aromatic carbocycles. The number of hydrogen-bond donors (Lipinski definition) is 1. The first-order chi connectivity index (χ1) is 21.3. The van der Waals surface area contributed by atoms with Crippen LogP contribution in [0.4, 0.5) is 5.82 Å². The third kappa shape index (κ3) is 4.51. The van der Waals surface area contributed by atoms with Gasteiger partial charge in [-0.1, -0.05) is 18.7 Å². The zero-order valence-corrected chi connectivity index (χ0v) is 25.5. The molecular formula is C34H38N6O4. The van der Waals surface area contributed by atoms with Crippen molar-refractivity contribution in [1.29, 1.82) is 0 Å². The molecule has 228 valence electrons. The first kappa shape index (κ1) is 28.3. The van der Waals surface area contributed by atoms with Gasteiger partial charge in [0.25, 0.3) is 5.56 Å². The van der Waals surface area contributed by atoms with Crippen LogP contribution in [0.15, 0.2) is 58.8 Å². The van der Waals surface area contributed by atoms with Gasteiger partial charge in [-0.2, -0.15) is 4.98 Å². The number of pyridine rings is 1. The second kappa shape index (κ2) is 10.9. The Bertz CT molecular complexity index is 1920. The molecule has 3 aliphatic rings. The van der Waals surface area contributed by atoms with E-state index in [1.807, 2.05) is 60.6 Å². The number of aromatic amines is 1. The number of carbonyl (C=O) groups is 1. The van der Waals surface area contributed by atoms with Crippen LogP contribution in [0.3, 0.4) is 0 Å². The molecule has 10 heteroatoms. The van der Waals surface area contributed by atoms with Crippen LogP contribution in [-0.4, -0.2) is 81.7 Å². The second-order valence-electron chi connectivity index (χ2n) is 12.5. The van der Waals surface area contributed by atoms with Crippen molar-refractivity contribution in [2.75, 3.05) is 44.2 Å². The molecule has 1 N–H and O–H groups in total. The lowest BCUT2D eigenvalue weighted by Gasteiger charge is -2.45. The summed E-state index contributed by atoms with van der Waals surface area (Å²) in [5.41, 5.74) is 2.76. The largest absolute Gasteiger partial charge is 0.488 e. The Labute approximate surface area is 255 Å². The molecule has 3 atom stereocenters. The molecule has 4 aromatic rings. The van der Waals surface area contributed by atoms with Gasteiger partial charge in [-0.15, -0.1) is 0 Å². The lowest BCUT2D eigenvalue weighted by molar-refractivity contribution is -0.128. The Morgan fingerprint density at radius 1 is 1.09 bits per heavy atom. The summed E-state index contributed by atoms with van der Waals surface area (Å²) in [5, 5.41) is 2.26. The van der Waals surface area contributed by atoms with Crippen molar-refractivity contribution in [3.05, 3.63) is 75.6 Å².